The van der Waals surface area contributed by atoms with Crippen molar-refractivity contribution in [1.82, 2.24) is 5.43 Å². The van der Waals surface area contributed by atoms with E-state index in [1.807, 2.05) is 6.92 Å². The molecule has 1 N–H and O–H groups in total. The summed E-state index contributed by atoms with van der Waals surface area (Å²) in [4.78, 5) is 23.0. The third-order valence-electron chi connectivity index (χ3n) is 3.30. The Kier molecular flexibility index (Phi) is 7.17. The molecule has 0 radical (unpaired) electrons. The van der Waals surface area contributed by atoms with Crippen LogP contribution in [0.25, 0.3) is 0 Å². The summed E-state index contributed by atoms with van der Waals surface area (Å²) in [6, 6.07) is 11.9. The van der Waals surface area contributed by atoms with E-state index in [2.05, 4.69) is 10.5 Å². The predicted molar refractivity (Wildman–Crippen MR) is 99.8 cm³/mol. The average molecular weight is 375 g/mol. The van der Waals surface area contributed by atoms with Crippen LogP contribution in [0.5, 0.6) is 11.5 Å². The first-order valence-electron chi connectivity index (χ1n) is 7.99. The van der Waals surface area contributed by atoms with Gasteiger partial charge in [0.05, 0.1) is 6.21 Å². The Morgan fingerprint density at radius 3 is 2.58 bits per heavy atom. The molecule has 0 aliphatic heterocycles. The number of carbonyl (C=O) groups excluding carboxylic acids is 2. The maximum absolute atomic E-state index is 11.8. The van der Waals surface area contributed by atoms with Crippen molar-refractivity contribution in [2.75, 3.05) is 6.61 Å². The zero-order valence-electron chi connectivity index (χ0n) is 14.5. The van der Waals surface area contributed by atoms with Crippen LogP contribution in [0.1, 0.15) is 24.5 Å². The van der Waals surface area contributed by atoms with Gasteiger partial charge in [0.1, 0.15) is 11.5 Å². The van der Waals surface area contributed by atoms with Crippen LogP contribution in [0.4, 0.5) is 0 Å². The first kappa shape index (κ1) is 19.5. The van der Waals surface area contributed by atoms with Gasteiger partial charge in [-0.1, -0.05) is 18.5 Å². The second-order valence-electron chi connectivity index (χ2n) is 5.39. The summed E-state index contributed by atoms with van der Waals surface area (Å²) in [5.41, 5.74) is 3.97. The van der Waals surface area contributed by atoms with Crippen LogP contribution in [0.3, 0.4) is 0 Å². The molecule has 0 heterocycles. The Balaban J connectivity index is 1.80. The first-order valence-corrected chi connectivity index (χ1v) is 8.37. The van der Waals surface area contributed by atoms with Gasteiger partial charge in [-0.2, -0.15) is 5.10 Å². The number of nitrogens with one attached hydrogen (secondary N) is 1. The maximum Gasteiger partial charge on any atom is 0.310 e. The first-order chi connectivity index (χ1) is 12.5. The molecule has 0 aromatic heterocycles. The van der Waals surface area contributed by atoms with Crippen molar-refractivity contribution in [2.45, 2.75) is 20.3 Å². The van der Waals surface area contributed by atoms with Crippen LogP contribution in [0.2, 0.25) is 5.02 Å². The molecule has 136 valence electrons. The lowest BCUT2D eigenvalue weighted by Gasteiger charge is -2.08. The van der Waals surface area contributed by atoms with Crippen molar-refractivity contribution >= 4 is 29.7 Å². The largest absolute Gasteiger partial charge is 0.483 e. The minimum absolute atomic E-state index is 0.161. The van der Waals surface area contributed by atoms with E-state index in [1.54, 1.807) is 49.4 Å². The van der Waals surface area contributed by atoms with E-state index in [0.29, 0.717) is 22.9 Å². The lowest BCUT2D eigenvalue weighted by Crippen LogP contribution is -2.24. The van der Waals surface area contributed by atoms with Crippen LogP contribution in [0, 0.1) is 6.92 Å². The van der Waals surface area contributed by atoms with Crippen LogP contribution < -0.4 is 14.9 Å². The van der Waals surface area contributed by atoms with E-state index >= 15 is 0 Å². The predicted octanol–water partition coefficient (Wildman–Crippen LogP) is 3.49. The van der Waals surface area contributed by atoms with Crippen molar-refractivity contribution in [3.05, 3.63) is 58.6 Å². The molecular formula is C19H19ClN2O4. The van der Waals surface area contributed by atoms with Crippen molar-refractivity contribution < 1.29 is 19.1 Å². The number of halogens is 1. The highest BCUT2D eigenvalue weighted by Crippen LogP contribution is 2.21. The van der Waals surface area contributed by atoms with E-state index in [1.165, 1.54) is 6.21 Å². The minimum Gasteiger partial charge on any atom is -0.483 e. The number of hydrogen-bond acceptors (Lipinski definition) is 5. The highest BCUT2D eigenvalue weighted by molar-refractivity contribution is 6.30. The number of amides is 1. The van der Waals surface area contributed by atoms with Gasteiger partial charge in [-0.05, 0) is 60.5 Å². The average Bonchev–Trinajstić information content (AvgIpc) is 2.62. The van der Waals surface area contributed by atoms with Crippen molar-refractivity contribution in [3.63, 3.8) is 0 Å². The number of benzene rings is 2. The zero-order chi connectivity index (χ0) is 18.9. The molecule has 6 nitrogen and oxygen atoms in total. The van der Waals surface area contributed by atoms with Crippen LogP contribution in [-0.4, -0.2) is 24.7 Å². The standard InChI is InChI=1S/C19H19ClN2O4/c1-3-19(24)26-16-7-4-14(5-8-16)11-21-22-18(23)12-25-17-9-6-15(20)10-13(17)2/h4-11H,3,12H2,1-2H3,(H,22,23)/b21-11+. The van der Waals surface area contributed by atoms with E-state index in [4.69, 9.17) is 21.1 Å². The molecule has 26 heavy (non-hydrogen) atoms. The molecular weight excluding hydrogens is 356 g/mol. The molecule has 2 rings (SSSR count). The minimum atomic E-state index is -0.385. The van der Waals surface area contributed by atoms with Crippen molar-refractivity contribution in [2.24, 2.45) is 5.10 Å². The number of aryl methyl sites for hydroxylation is 1. The van der Waals surface area contributed by atoms with Crippen LogP contribution in [0.15, 0.2) is 47.6 Å². The fourth-order valence-corrected chi connectivity index (χ4v) is 2.18. The number of ether oxygens (including phenoxy) is 2. The van der Waals surface area contributed by atoms with Gasteiger partial charge in [-0.15, -0.1) is 0 Å². The van der Waals surface area contributed by atoms with E-state index in [0.717, 1.165) is 11.1 Å². The van der Waals surface area contributed by atoms with Crippen molar-refractivity contribution in [1.29, 1.82) is 0 Å². The summed E-state index contributed by atoms with van der Waals surface area (Å²) < 4.78 is 10.5. The van der Waals surface area contributed by atoms with Gasteiger partial charge in [0.2, 0.25) is 0 Å². The Bertz CT molecular complexity index is 804. The number of nitrogens with zero attached hydrogens (tertiary/aromatic N) is 1. The topological polar surface area (TPSA) is 77.0 Å². The van der Waals surface area contributed by atoms with E-state index in [-0.39, 0.29) is 18.5 Å². The molecule has 0 aliphatic rings. The number of hydrazone groups is 1. The molecule has 0 spiro atoms. The van der Waals surface area contributed by atoms with Crippen LogP contribution >= 0.6 is 11.6 Å². The van der Waals surface area contributed by atoms with Gasteiger partial charge in [0.15, 0.2) is 6.61 Å². The highest BCUT2D eigenvalue weighted by Gasteiger charge is 2.05. The van der Waals surface area contributed by atoms with Crippen LogP contribution in [-0.2, 0) is 9.59 Å². The Labute approximate surface area is 156 Å². The number of esters is 1. The smallest absolute Gasteiger partial charge is 0.310 e. The maximum atomic E-state index is 11.8. The third kappa shape index (κ3) is 6.22. The molecule has 0 saturated carbocycles. The molecule has 0 bridgehead atoms. The Morgan fingerprint density at radius 1 is 1.19 bits per heavy atom. The second kappa shape index (κ2) is 9.58. The van der Waals surface area contributed by atoms with Crippen molar-refractivity contribution in [3.8, 4) is 11.5 Å². The summed E-state index contributed by atoms with van der Waals surface area (Å²) in [5, 5.41) is 4.47. The van der Waals surface area contributed by atoms with Gasteiger partial charge in [-0.25, -0.2) is 5.43 Å². The quantitative estimate of drug-likeness (QED) is 0.348. The summed E-state index contributed by atoms with van der Waals surface area (Å²) in [6.45, 7) is 3.41. The second-order valence-corrected chi connectivity index (χ2v) is 5.82. The van der Waals surface area contributed by atoms with Gasteiger partial charge >= 0.3 is 5.97 Å². The Hall–Kier alpha value is -2.86. The molecule has 7 heteroatoms. The number of hydrogen-bond donors (Lipinski definition) is 1. The van der Waals surface area contributed by atoms with Gasteiger partial charge in [0.25, 0.3) is 5.91 Å². The molecule has 2 aromatic rings. The monoisotopic (exact) mass is 374 g/mol. The fraction of sp³-hybridized carbons (Fsp3) is 0.211. The zero-order valence-corrected chi connectivity index (χ0v) is 15.2. The summed E-state index contributed by atoms with van der Waals surface area (Å²) >= 11 is 5.87. The third-order valence-corrected chi connectivity index (χ3v) is 3.53. The summed E-state index contributed by atoms with van der Waals surface area (Å²) in [5.74, 6) is 0.370. The lowest BCUT2D eigenvalue weighted by molar-refractivity contribution is -0.134. The van der Waals surface area contributed by atoms with E-state index < -0.39 is 0 Å². The normalized spacial score (nSPS) is 10.6. The number of carbonyl (C=O) groups is 2. The Morgan fingerprint density at radius 2 is 1.92 bits per heavy atom. The molecule has 0 aliphatic carbocycles. The SMILES string of the molecule is CCC(=O)Oc1ccc(/C=N/NC(=O)COc2ccc(Cl)cc2C)cc1. The molecule has 0 unspecified atom stereocenters. The fourth-order valence-electron chi connectivity index (χ4n) is 1.95. The number of rotatable bonds is 7. The van der Waals surface area contributed by atoms with Gasteiger partial charge < -0.3 is 9.47 Å². The molecule has 0 fully saturated rings. The van der Waals surface area contributed by atoms with E-state index in [9.17, 15) is 9.59 Å². The molecule has 0 atom stereocenters. The molecule has 0 saturated heterocycles. The lowest BCUT2D eigenvalue weighted by atomic mass is 10.2. The molecule has 2 aromatic carbocycles. The van der Waals surface area contributed by atoms with Gasteiger partial charge in [-0.3, -0.25) is 9.59 Å². The highest BCUT2D eigenvalue weighted by atomic mass is 35.5. The van der Waals surface area contributed by atoms with Gasteiger partial charge in [0, 0.05) is 11.4 Å². The molecule has 1 amide bonds. The summed E-state index contributed by atoms with van der Waals surface area (Å²) in [7, 11) is 0. The summed E-state index contributed by atoms with van der Waals surface area (Å²) in [6.07, 6.45) is 1.80.